The van der Waals surface area contributed by atoms with Crippen LogP contribution in [0.25, 0.3) is 0 Å². The summed E-state index contributed by atoms with van der Waals surface area (Å²) in [6.07, 6.45) is 0.762. The number of phenolic OH excluding ortho intramolecular Hbond substituents is 1. The molecule has 0 unspecified atom stereocenters. The summed E-state index contributed by atoms with van der Waals surface area (Å²) < 4.78 is 0. The summed E-state index contributed by atoms with van der Waals surface area (Å²) in [5.74, 6) is 2.22. The lowest BCUT2D eigenvalue weighted by Gasteiger charge is -2.44. The maximum Gasteiger partial charge on any atom is 0.140 e. The van der Waals surface area contributed by atoms with Crippen molar-refractivity contribution in [1.82, 2.24) is 9.80 Å². The first-order valence-corrected chi connectivity index (χ1v) is 17.4. The third kappa shape index (κ3) is 9.37. The number of rotatable bonds is 15. The summed E-state index contributed by atoms with van der Waals surface area (Å²) >= 11 is 37.0. The van der Waals surface area contributed by atoms with Crippen LogP contribution in [-0.4, -0.2) is 77.7 Å². The van der Waals surface area contributed by atoms with Crippen molar-refractivity contribution in [2.45, 2.75) is 25.7 Å². The fourth-order valence-electron chi connectivity index (χ4n) is 5.70. The second-order valence-electron chi connectivity index (χ2n) is 10.6. The van der Waals surface area contributed by atoms with E-state index in [9.17, 15) is 5.11 Å². The van der Waals surface area contributed by atoms with Gasteiger partial charge in [0.15, 0.2) is 0 Å². The van der Waals surface area contributed by atoms with Crippen molar-refractivity contribution >= 4 is 81.0 Å². The van der Waals surface area contributed by atoms with Crippen molar-refractivity contribution in [1.29, 1.82) is 0 Å². The molecule has 1 saturated heterocycles. The van der Waals surface area contributed by atoms with Crippen molar-refractivity contribution in [3.05, 3.63) is 87.4 Å². The largest absolute Gasteiger partial charge is 0.506 e. The fourth-order valence-corrected chi connectivity index (χ4v) is 7.03. The standard InChI is InChI=1S/C32H38Cl6N4O/c33-10-16-39(17-11-34)27-6-2-24(3-7-27)22-41-14-1-15-42(32(41)29-20-26(37)21-30(38)31(29)43)23-25-4-8-28(9-5-25)40(18-12-35)19-13-36/h2-9,20-21,32,43H,1,10-19,22-23H2. The highest BCUT2D eigenvalue weighted by Gasteiger charge is 2.33. The molecule has 1 aliphatic rings. The molecule has 0 bridgehead atoms. The van der Waals surface area contributed by atoms with Gasteiger partial charge in [-0.2, -0.15) is 0 Å². The van der Waals surface area contributed by atoms with Crippen LogP contribution in [0, 0.1) is 0 Å². The minimum Gasteiger partial charge on any atom is -0.506 e. The molecule has 0 aliphatic carbocycles. The number of halogens is 6. The lowest BCUT2D eigenvalue weighted by atomic mass is 10.0. The lowest BCUT2D eigenvalue weighted by molar-refractivity contribution is -0.0103. The smallest absolute Gasteiger partial charge is 0.140 e. The Hall–Kier alpha value is -1.28. The molecular weight excluding hydrogens is 669 g/mol. The number of benzene rings is 3. The SMILES string of the molecule is Oc1c(Cl)cc(Cl)cc1C1N(Cc2ccc(N(CCCl)CCCl)cc2)CCCN1Cc1ccc(N(CCCl)CCCl)cc1. The molecule has 1 fully saturated rings. The van der Waals surface area contributed by atoms with Gasteiger partial charge < -0.3 is 14.9 Å². The van der Waals surface area contributed by atoms with Gasteiger partial charge in [0.2, 0.25) is 0 Å². The van der Waals surface area contributed by atoms with Gasteiger partial charge in [-0.25, -0.2) is 0 Å². The van der Waals surface area contributed by atoms with Gasteiger partial charge in [0.1, 0.15) is 5.75 Å². The van der Waals surface area contributed by atoms with Crippen molar-refractivity contribution in [2.75, 3.05) is 72.6 Å². The maximum absolute atomic E-state index is 11.1. The zero-order chi connectivity index (χ0) is 30.8. The number of phenols is 1. The molecule has 4 rings (SSSR count). The predicted molar refractivity (Wildman–Crippen MR) is 186 cm³/mol. The lowest BCUT2D eigenvalue weighted by Crippen LogP contribution is -2.46. The molecule has 43 heavy (non-hydrogen) atoms. The molecule has 0 aromatic heterocycles. The molecule has 1 N–H and O–H groups in total. The second-order valence-corrected chi connectivity index (χ2v) is 12.9. The average Bonchev–Trinajstić information content (AvgIpc) is 3.00. The van der Waals surface area contributed by atoms with Gasteiger partial charge in [0.05, 0.1) is 11.2 Å². The van der Waals surface area contributed by atoms with Crippen LogP contribution in [0.5, 0.6) is 5.75 Å². The molecule has 0 amide bonds. The molecule has 11 heteroatoms. The third-order valence-electron chi connectivity index (χ3n) is 7.71. The van der Waals surface area contributed by atoms with Gasteiger partial charge in [-0.15, -0.1) is 46.4 Å². The molecule has 3 aromatic rings. The fraction of sp³-hybridized carbons (Fsp3) is 0.438. The first-order chi connectivity index (χ1) is 20.9. The quantitative estimate of drug-likeness (QED) is 0.160. The van der Waals surface area contributed by atoms with Gasteiger partial charge in [0.25, 0.3) is 0 Å². The number of anilines is 2. The Balaban J connectivity index is 1.60. The first kappa shape index (κ1) is 34.6. The number of hydrogen-bond acceptors (Lipinski definition) is 5. The average molecular weight is 707 g/mol. The van der Waals surface area contributed by atoms with E-state index in [1.54, 1.807) is 6.07 Å². The second kappa shape index (κ2) is 17.4. The van der Waals surface area contributed by atoms with Crippen LogP contribution in [0.3, 0.4) is 0 Å². The van der Waals surface area contributed by atoms with Gasteiger partial charge in [-0.3, -0.25) is 9.80 Å². The molecule has 0 saturated carbocycles. The van der Waals surface area contributed by atoms with E-state index < -0.39 is 0 Å². The molecular formula is C32H38Cl6N4O. The van der Waals surface area contributed by atoms with E-state index in [0.29, 0.717) is 47.2 Å². The van der Waals surface area contributed by atoms with Crippen molar-refractivity contribution < 1.29 is 5.11 Å². The van der Waals surface area contributed by atoms with E-state index in [1.165, 1.54) is 11.1 Å². The van der Waals surface area contributed by atoms with Crippen LogP contribution in [0.15, 0.2) is 60.7 Å². The van der Waals surface area contributed by atoms with Crippen LogP contribution in [0.2, 0.25) is 10.0 Å². The molecule has 1 aliphatic heterocycles. The van der Waals surface area contributed by atoms with Crippen LogP contribution in [0.4, 0.5) is 11.4 Å². The van der Waals surface area contributed by atoms with Gasteiger partial charge >= 0.3 is 0 Å². The van der Waals surface area contributed by atoms with Crippen molar-refractivity contribution in [3.63, 3.8) is 0 Å². The highest BCUT2D eigenvalue weighted by Crippen LogP contribution is 2.41. The van der Waals surface area contributed by atoms with E-state index in [0.717, 1.165) is 57.1 Å². The molecule has 0 radical (unpaired) electrons. The van der Waals surface area contributed by atoms with Crippen molar-refractivity contribution in [3.8, 4) is 5.75 Å². The monoisotopic (exact) mass is 704 g/mol. The summed E-state index contributed by atoms with van der Waals surface area (Å²) in [7, 11) is 0. The third-order valence-corrected chi connectivity index (χ3v) is 8.89. The Bertz CT molecular complexity index is 1200. The van der Waals surface area contributed by atoms with Crippen LogP contribution < -0.4 is 9.80 Å². The number of alkyl halides is 4. The Labute approximate surface area is 285 Å². The summed E-state index contributed by atoms with van der Waals surface area (Å²) in [6.45, 7) is 6.08. The van der Waals surface area contributed by atoms with Crippen LogP contribution >= 0.6 is 69.6 Å². The van der Waals surface area contributed by atoms with E-state index in [-0.39, 0.29) is 16.9 Å². The van der Waals surface area contributed by atoms with Gasteiger partial charge in [-0.05, 0) is 53.9 Å². The molecule has 0 spiro atoms. The van der Waals surface area contributed by atoms with Crippen LogP contribution in [0.1, 0.15) is 29.3 Å². The Morgan fingerprint density at radius 3 is 1.47 bits per heavy atom. The molecule has 1 heterocycles. The Morgan fingerprint density at radius 1 is 0.651 bits per heavy atom. The number of nitrogens with zero attached hydrogens (tertiary/aromatic N) is 4. The number of hydrogen-bond donors (Lipinski definition) is 1. The summed E-state index contributed by atoms with van der Waals surface area (Å²) in [6, 6.07) is 20.5. The predicted octanol–water partition coefficient (Wildman–Crippen LogP) is 8.67. The van der Waals surface area contributed by atoms with E-state index in [4.69, 9.17) is 69.6 Å². The van der Waals surface area contributed by atoms with E-state index in [2.05, 4.69) is 68.1 Å². The zero-order valence-corrected chi connectivity index (χ0v) is 28.6. The van der Waals surface area contributed by atoms with Gasteiger partial charge in [-0.1, -0.05) is 47.5 Å². The number of aromatic hydroxyl groups is 1. The minimum atomic E-state index is -0.225. The first-order valence-electron chi connectivity index (χ1n) is 14.5. The Kier molecular flexibility index (Phi) is 14.0. The molecule has 0 atom stereocenters. The minimum absolute atomic E-state index is 0.0641. The van der Waals surface area contributed by atoms with Gasteiger partial charge in [0, 0.05) is 97.8 Å². The topological polar surface area (TPSA) is 33.2 Å². The molecule has 5 nitrogen and oxygen atoms in total. The van der Waals surface area contributed by atoms with E-state index >= 15 is 0 Å². The van der Waals surface area contributed by atoms with E-state index in [1.807, 2.05) is 6.07 Å². The molecule has 3 aromatic carbocycles. The summed E-state index contributed by atoms with van der Waals surface area (Å²) in [4.78, 5) is 9.15. The normalized spacial score (nSPS) is 14.7. The highest BCUT2D eigenvalue weighted by atomic mass is 35.5. The van der Waals surface area contributed by atoms with Crippen LogP contribution in [-0.2, 0) is 13.1 Å². The maximum atomic E-state index is 11.1. The summed E-state index contributed by atoms with van der Waals surface area (Å²) in [5.41, 5.74) is 5.24. The van der Waals surface area contributed by atoms with Crippen molar-refractivity contribution in [2.24, 2.45) is 0 Å². The molecule has 234 valence electrons. The summed E-state index contributed by atoms with van der Waals surface area (Å²) in [5, 5.41) is 11.9. The zero-order valence-electron chi connectivity index (χ0n) is 24.0. The highest BCUT2D eigenvalue weighted by molar-refractivity contribution is 6.35. The Morgan fingerprint density at radius 2 is 1.07 bits per heavy atom.